The van der Waals surface area contributed by atoms with Gasteiger partial charge in [0.2, 0.25) is 0 Å². The first-order chi connectivity index (χ1) is 11.3. The highest BCUT2D eigenvalue weighted by Gasteiger charge is 2.45. The third-order valence-electron chi connectivity index (χ3n) is 5.59. The normalized spacial score (nSPS) is 28.7. The van der Waals surface area contributed by atoms with E-state index in [0.29, 0.717) is 11.5 Å². The summed E-state index contributed by atoms with van der Waals surface area (Å²) in [5, 5.41) is 0. The van der Waals surface area contributed by atoms with Crippen LogP contribution < -0.4 is 4.74 Å². The molecule has 1 aromatic carbocycles. The number of likely N-dealkylation sites (tertiary alicyclic amines) is 1. The lowest BCUT2D eigenvalue weighted by molar-refractivity contribution is -0.0322. The van der Waals surface area contributed by atoms with Gasteiger partial charge in [0.05, 0.1) is 13.2 Å². The summed E-state index contributed by atoms with van der Waals surface area (Å²) >= 11 is 0. The molecule has 1 aliphatic carbocycles. The van der Waals surface area contributed by atoms with Gasteiger partial charge >= 0.3 is 0 Å². The van der Waals surface area contributed by atoms with E-state index < -0.39 is 0 Å². The van der Waals surface area contributed by atoms with Gasteiger partial charge in [0.1, 0.15) is 5.75 Å². The molecule has 3 nitrogen and oxygen atoms in total. The van der Waals surface area contributed by atoms with Crippen LogP contribution in [-0.4, -0.2) is 44.9 Å². The van der Waals surface area contributed by atoms with Gasteiger partial charge in [0.25, 0.3) is 0 Å². The number of rotatable bonds is 5. The molecule has 3 rings (SSSR count). The molecule has 0 N–H and O–H groups in total. The molecule has 0 aromatic heterocycles. The second-order valence-corrected chi connectivity index (χ2v) is 6.99. The van der Waals surface area contributed by atoms with E-state index in [1.807, 2.05) is 19.2 Å². The minimum Gasteiger partial charge on any atom is -0.497 e. The Morgan fingerprint density at radius 1 is 1.17 bits per heavy atom. The lowest BCUT2D eigenvalue weighted by Crippen LogP contribution is -2.47. The van der Waals surface area contributed by atoms with Crippen LogP contribution in [0.15, 0.2) is 30.3 Å². The number of hydrogen-bond donors (Lipinski definition) is 0. The third kappa shape index (κ3) is 3.78. The summed E-state index contributed by atoms with van der Waals surface area (Å²) in [4.78, 5) is 2.60. The first kappa shape index (κ1) is 16.5. The average Bonchev–Trinajstić information content (AvgIpc) is 2.97. The maximum absolute atomic E-state index is 5.79. The third-order valence-corrected chi connectivity index (χ3v) is 5.59. The van der Waals surface area contributed by atoms with Crippen LogP contribution in [0.5, 0.6) is 5.75 Å². The molecule has 0 radical (unpaired) electrons. The second kappa shape index (κ2) is 7.50. The van der Waals surface area contributed by atoms with E-state index in [1.165, 1.54) is 50.8 Å². The van der Waals surface area contributed by atoms with Crippen molar-refractivity contribution in [2.45, 2.75) is 38.2 Å². The zero-order chi connectivity index (χ0) is 16.1. The van der Waals surface area contributed by atoms with E-state index in [9.17, 15) is 0 Å². The fourth-order valence-electron chi connectivity index (χ4n) is 4.41. The molecule has 23 heavy (non-hydrogen) atoms. The van der Waals surface area contributed by atoms with Crippen molar-refractivity contribution in [3.8, 4) is 5.75 Å². The number of piperidine rings is 1. The van der Waals surface area contributed by atoms with Crippen LogP contribution in [-0.2, 0) is 4.74 Å². The molecular formula is C20H29NO2. The summed E-state index contributed by atoms with van der Waals surface area (Å²) < 4.78 is 11.0. The Kier molecular flexibility index (Phi) is 5.39. The van der Waals surface area contributed by atoms with Crippen LogP contribution in [0.3, 0.4) is 0 Å². The monoisotopic (exact) mass is 315 g/mol. The molecule has 2 fully saturated rings. The highest BCUT2D eigenvalue weighted by molar-refractivity contribution is 5.50. The van der Waals surface area contributed by atoms with Gasteiger partial charge in [-0.25, -0.2) is 0 Å². The van der Waals surface area contributed by atoms with Gasteiger partial charge in [0, 0.05) is 25.6 Å². The molecule has 1 spiro atoms. The van der Waals surface area contributed by atoms with Crippen LogP contribution >= 0.6 is 0 Å². The lowest BCUT2D eigenvalue weighted by atomic mass is 9.76. The molecule has 0 unspecified atom stereocenters. The van der Waals surface area contributed by atoms with E-state index in [2.05, 4.69) is 29.2 Å². The molecule has 126 valence electrons. The SMILES string of the molecule is COc1ccc(/C=C/CN2CCC[C@]3(CCC[C@H]3OC)C2)cc1. The molecule has 1 aliphatic heterocycles. The molecule has 1 saturated carbocycles. The van der Waals surface area contributed by atoms with Crippen LogP contribution in [0.1, 0.15) is 37.7 Å². The van der Waals surface area contributed by atoms with Crippen molar-refractivity contribution < 1.29 is 9.47 Å². The molecule has 2 aliphatic rings. The first-order valence-electron chi connectivity index (χ1n) is 8.81. The van der Waals surface area contributed by atoms with Gasteiger partial charge in [-0.05, 0) is 49.9 Å². The van der Waals surface area contributed by atoms with Gasteiger partial charge in [-0.3, -0.25) is 4.90 Å². The van der Waals surface area contributed by atoms with Crippen molar-refractivity contribution in [3.63, 3.8) is 0 Å². The fraction of sp³-hybridized carbons (Fsp3) is 0.600. The maximum Gasteiger partial charge on any atom is 0.118 e. The van der Waals surface area contributed by atoms with Crippen molar-refractivity contribution >= 4 is 6.08 Å². The molecular weight excluding hydrogens is 286 g/mol. The Bertz CT molecular complexity index is 525. The van der Waals surface area contributed by atoms with Crippen molar-refractivity contribution in [1.29, 1.82) is 0 Å². The predicted octanol–water partition coefficient (Wildman–Crippen LogP) is 3.99. The topological polar surface area (TPSA) is 21.7 Å². The summed E-state index contributed by atoms with van der Waals surface area (Å²) in [5.74, 6) is 0.909. The van der Waals surface area contributed by atoms with Crippen molar-refractivity contribution in [2.75, 3.05) is 33.9 Å². The standard InChI is InChI=1S/C20H29NO2/c1-22-18-10-8-17(9-11-18)6-4-14-21-15-5-13-20(16-21)12-3-7-19(20)23-2/h4,6,8-11,19H,3,5,7,12-16H2,1-2H3/b6-4+/t19-,20-/m1/s1. The van der Waals surface area contributed by atoms with E-state index in [0.717, 1.165) is 12.3 Å². The Morgan fingerprint density at radius 2 is 1.96 bits per heavy atom. The maximum atomic E-state index is 5.79. The Labute approximate surface area is 140 Å². The predicted molar refractivity (Wildman–Crippen MR) is 94.8 cm³/mol. The summed E-state index contributed by atoms with van der Waals surface area (Å²) in [5.41, 5.74) is 1.65. The van der Waals surface area contributed by atoms with E-state index in [1.54, 1.807) is 7.11 Å². The number of benzene rings is 1. The van der Waals surface area contributed by atoms with Gasteiger partial charge in [-0.15, -0.1) is 0 Å². The molecule has 0 bridgehead atoms. The average molecular weight is 315 g/mol. The minimum absolute atomic E-state index is 0.418. The van der Waals surface area contributed by atoms with E-state index in [4.69, 9.17) is 9.47 Å². The van der Waals surface area contributed by atoms with Crippen molar-refractivity contribution in [1.82, 2.24) is 4.90 Å². The van der Waals surface area contributed by atoms with E-state index in [-0.39, 0.29) is 0 Å². The Balaban J connectivity index is 1.56. The second-order valence-electron chi connectivity index (χ2n) is 6.99. The van der Waals surface area contributed by atoms with Crippen LogP contribution in [0.25, 0.3) is 6.08 Å². The first-order valence-corrected chi connectivity index (χ1v) is 8.81. The lowest BCUT2D eigenvalue weighted by Gasteiger charge is -2.43. The zero-order valence-corrected chi connectivity index (χ0v) is 14.5. The van der Waals surface area contributed by atoms with E-state index >= 15 is 0 Å². The highest BCUT2D eigenvalue weighted by Crippen LogP contribution is 2.46. The quantitative estimate of drug-likeness (QED) is 0.820. The number of methoxy groups -OCH3 is 2. The van der Waals surface area contributed by atoms with Crippen LogP contribution in [0.4, 0.5) is 0 Å². The molecule has 2 atom stereocenters. The molecule has 1 heterocycles. The molecule has 0 amide bonds. The van der Waals surface area contributed by atoms with Gasteiger partial charge in [-0.2, -0.15) is 0 Å². The van der Waals surface area contributed by atoms with Crippen LogP contribution in [0, 0.1) is 5.41 Å². The summed E-state index contributed by atoms with van der Waals surface area (Å²) in [6, 6.07) is 8.23. The highest BCUT2D eigenvalue weighted by atomic mass is 16.5. The van der Waals surface area contributed by atoms with Gasteiger partial charge in [0.15, 0.2) is 0 Å². The number of nitrogens with zero attached hydrogens (tertiary/aromatic N) is 1. The van der Waals surface area contributed by atoms with Crippen LogP contribution in [0.2, 0.25) is 0 Å². The Morgan fingerprint density at radius 3 is 2.70 bits per heavy atom. The molecule has 1 aromatic rings. The fourth-order valence-corrected chi connectivity index (χ4v) is 4.41. The van der Waals surface area contributed by atoms with Crippen molar-refractivity contribution in [3.05, 3.63) is 35.9 Å². The zero-order valence-electron chi connectivity index (χ0n) is 14.5. The summed E-state index contributed by atoms with van der Waals surface area (Å²) in [7, 11) is 3.59. The molecule has 1 saturated heterocycles. The number of hydrogen-bond acceptors (Lipinski definition) is 3. The van der Waals surface area contributed by atoms with Crippen molar-refractivity contribution in [2.24, 2.45) is 5.41 Å². The minimum atomic E-state index is 0.418. The molecule has 3 heteroatoms. The largest absolute Gasteiger partial charge is 0.497 e. The summed E-state index contributed by atoms with van der Waals surface area (Å²) in [6.45, 7) is 3.44. The summed E-state index contributed by atoms with van der Waals surface area (Å²) in [6.07, 6.45) is 11.5. The van der Waals surface area contributed by atoms with Gasteiger partial charge in [-0.1, -0.05) is 30.7 Å². The van der Waals surface area contributed by atoms with Gasteiger partial charge < -0.3 is 9.47 Å². The number of ether oxygens (including phenoxy) is 2. The smallest absolute Gasteiger partial charge is 0.118 e. The Hall–Kier alpha value is -1.32.